The summed E-state index contributed by atoms with van der Waals surface area (Å²) in [6, 6.07) is 5.23. The van der Waals surface area contributed by atoms with E-state index in [2.05, 4.69) is 25.3 Å². The second-order valence-corrected chi connectivity index (χ2v) is 8.37. The molecule has 0 radical (unpaired) electrons. The second-order valence-electron chi connectivity index (χ2n) is 7.20. The number of aliphatic imine (C=N–C) groups is 1. The zero-order chi connectivity index (χ0) is 22.7. The molecule has 1 aliphatic heterocycles. The molecule has 2 aromatic heterocycles. The van der Waals surface area contributed by atoms with E-state index in [1.165, 1.54) is 36.2 Å². The van der Waals surface area contributed by atoms with Crippen molar-refractivity contribution in [3.05, 3.63) is 65.4 Å². The van der Waals surface area contributed by atoms with Crippen LogP contribution in [0, 0.1) is 5.82 Å². The number of hydrogen-bond acceptors (Lipinski definition) is 7. The van der Waals surface area contributed by atoms with E-state index >= 15 is 0 Å². The molecule has 164 valence electrons. The number of amidine groups is 1. The van der Waals surface area contributed by atoms with Crippen LogP contribution in [0.4, 0.5) is 33.5 Å². The molecule has 3 aromatic rings. The van der Waals surface area contributed by atoms with Gasteiger partial charge in [0, 0.05) is 17.4 Å². The molecule has 2 aliphatic rings. The Morgan fingerprint density at radius 2 is 2.00 bits per heavy atom. The minimum absolute atomic E-state index is 0.00678. The normalized spacial score (nSPS) is 22.2. The first-order chi connectivity index (χ1) is 15.2. The van der Waals surface area contributed by atoms with Gasteiger partial charge < -0.3 is 11.1 Å². The standard InChI is InChI=1S/C20H13F5N6S/c21-8-19(11-6-14(11)32-18(26)31-19)10-5-9(1-2-12(10)22)29-17-16-13(3-4-27-17)30-15(7-28-16)20(23,24)25/h1-7,14H,8H2,(H2,26,31)(H,27,29)/t14-,19+/m0/s1. The molecule has 2 atom stereocenters. The number of benzene rings is 1. The Morgan fingerprint density at radius 3 is 2.75 bits per heavy atom. The summed E-state index contributed by atoms with van der Waals surface area (Å²) < 4.78 is 67.8. The summed E-state index contributed by atoms with van der Waals surface area (Å²) in [5.74, 6) is -0.551. The number of nitrogens with zero attached hydrogens (tertiary/aromatic N) is 4. The molecule has 12 heteroatoms. The summed E-state index contributed by atoms with van der Waals surface area (Å²) in [7, 11) is 0. The number of alkyl halides is 4. The molecule has 3 heterocycles. The number of nitrogens with one attached hydrogen (secondary N) is 1. The summed E-state index contributed by atoms with van der Waals surface area (Å²) in [4.78, 5) is 15.7. The van der Waals surface area contributed by atoms with Crippen LogP contribution in [0.25, 0.3) is 11.0 Å². The number of hydrogen-bond donors (Lipinski definition) is 2. The van der Waals surface area contributed by atoms with Gasteiger partial charge in [0.05, 0.1) is 17.0 Å². The van der Waals surface area contributed by atoms with Crippen LogP contribution in [0.2, 0.25) is 0 Å². The predicted octanol–water partition coefficient (Wildman–Crippen LogP) is 4.46. The van der Waals surface area contributed by atoms with E-state index in [0.29, 0.717) is 17.5 Å². The second kappa shape index (κ2) is 7.12. The number of thioether (sulfide) groups is 1. The maximum absolute atomic E-state index is 14.8. The Morgan fingerprint density at radius 1 is 1.19 bits per heavy atom. The number of aromatic nitrogens is 3. The van der Waals surface area contributed by atoms with Gasteiger partial charge >= 0.3 is 6.18 Å². The lowest BCUT2D eigenvalue weighted by atomic mass is 9.87. The zero-order valence-corrected chi connectivity index (χ0v) is 16.8. The molecule has 6 nitrogen and oxygen atoms in total. The lowest BCUT2D eigenvalue weighted by molar-refractivity contribution is -0.141. The molecule has 5 rings (SSSR count). The van der Waals surface area contributed by atoms with E-state index in [-0.39, 0.29) is 32.8 Å². The van der Waals surface area contributed by atoms with Gasteiger partial charge in [-0.2, -0.15) is 13.2 Å². The average molecular weight is 464 g/mol. The molecule has 3 N–H and O–H groups in total. The summed E-state index contributed by atoms with van der Waals surface area (Å²) in [6.07, 6.45) is -0.968. The summed E-state index contributed by atoms with van der Waals surface area (Å²) in [5.41, 5.74) is 4.18. The van der Waals surface area contributed by atoms with Crippen molar-refractivity contribution >= 4 is 39.5 Å². The Kier molecular flexibility index (Phi) is 4.59. The highest BCUT2D eigenvalue weighted by Gasteiger charge is 2.51. The molecule has 0 amide bonds. The van der Waals surface area contributed by atoms with E-state index in [1.807, 2.05) is 0 Å². The van der Waals surface area contributed by atoms with E-state index in [4.69, 9.17) is 5.73 Å². The fourth-order valence-corrected chi connectivity index (χ4v) is 4.63. The maximum Gasteiger partial charge on any atom is 0.434 e. The first-order valence-electron chi connectivity index (χ1n) is 9.27. The SMILES string of the molecule is NC1=N[C@](CF)(c2cc(Nc3nccc4nc(C(F)(F)F)cnc34)ccc2F)C2=C[C@@H]2S1. The molecule has 1 aromatic carbocycles. The van der Waals surface area contributed by atoms with E-state index in [1.54, 1.807) is 6.08 Å². The third kappa shape index (κ3) is 3.34. The van der Waals surface area contributed by atoms with Gasteiger partial charge in [0.2, 0.25) is 0 Å². The number of nitrogens with two attached hydrogens (primary N) is 1. The lowest BCUT2D eigenvalue weighted by Gasteiger charge is -2.30. The highest BCUT2D eigenvalue weighted by atomic mass is 32.2. The van der Waals surface area contributed by atoms with Crippen molar-refractivity contribution in [2.75, 3.05) is 12.0 Å². The van der Waals surface area contributed by atoms with Crippen LogP contribution in [0.3, 0.4) is 0 Å². The molecule has 0 spiro atoms. The van der Waals surface area contributed by atoms with Crippen LogP contribution >= 0.6 is 11.8 Å². The monoisotopic (exact) mass is 464 g/mol. The van der Waals surface area contributed by atoms with Crippen molar-refractivity contribution in [1.82, 2.24) is 15.0 Å². The molecular formula is C20H13F5N6S. The fraction of sp³-hybridized carbons (Fsp3) is 0.200. The van der Waals surface area contributed by atoms with Crippen molar-refractivity contribution in [2.24, 2.45) is 10.7 Å². The molecule has 32 heavy (non-hydrogen) atoms. The largest absolute Gasteiger partial charge is 0.434 e. The number of fused-ring (bicyclic) bond motifs is 2. The molecular weight excluding hydrogens is 451 g/mol. The Hall–Kier alpha value is -3.28. The van der Waals surface area contributed by atoms with Crippen molar-refractivity contribution in [2.45, 2.75) is 17.0 Å². The van der Waals surface area contributed by atoms with Gasteiger partial charge in [-0.1, -0.05) is 17.8 Å². The third-order valence-electron chi connectivity index (χ3n) is 5.17. The summed E-state index contributed by atoms with van der Waals surface area (Å²) in [6.45, 7) is -0.977. The van der Waals surface area contributed by atoms with Crippen molar-refractivity contribution in [3.8, 4) is 0 Å². The fourth-order valence-electron chi connectivity index (χ4n) is 3.62. The minimum atomic E-state index is -4.64. The quantitative estimate of drug-likeness (QED) is 0.438. The van der Waals surface area contributed by atoms with Gasteiger partial charge in [-0.15, -0.1) is 0 Å². The van der Waals surface area contributed by atoms with Gasteiger partial charge in [0.25, 0.3) is 0 Å². The topological polar surface area (TPSA) is 89.1 Å². The van der Waals surface area contributed by atoms with Crippen molar-refractivity contribution in [1.29, 1.82) is 0 Å². The average Bonchev–Trinajstić information content (AvgIpc) is 3.53. The highest BCUT2D eigenvalue weighted by molar-refractivity contribution is 8.14. The Balaban J connectivity index is 1.55. The smallest absolute Gasteiger partial charge is 0.378 e. The van der Waals surface area contributed by atoms with Gasteiger partial charge in [-0.25, -0.2) is 28.7 Å². The molecule has 0 saturated carbocycles. The molecule has 0 fully saturated rings. The van der Waals surface area contributed by atoms with Crippen molar-refractivity contribution < 1.29 is 22.0 Å². The highest BCUT2D eigenvalue weighted by Crippen LogP contribution is 2.53. The van der Waals surface area contributed by atoms with Crippen LogP contribution in [-0.2, 0) is 11.7 Å². The summed E-state index contributed by atoms with van der Waals surface area (Å²) in [5, 5.41) is 2.95. The van der Waals surface area contributed by atoms with Crippen LogP contribution in [-0.4, -0.2) is 32.0 Å². The van der Waals surface area contributed by atoms with E-state index in [0.717, 1.165) is 6.07 Å². The van der Waals surface area contributed by atoms with Crippen molar-refractivity contribution in [3.63, 3.8) is 0 Å². The maximum atomic E-state index is 14.8. The van der Waals surface area contributed by atoms with Gasteiger partial charge in [0.1, 0.15) is 23.5 Å². The van der Waals surface area contributed by atoms with Gasteiger partial charge in [0.15, 0.2) is 16.7 Å². The first kappa shape index (κ1) is 20.6. The lowest BCUT2D eigenvalue weighted by Crippen LogP contribution is -2.34. The molecule has 0 unspecified atom stereocenters. The molecule has 0 saturated heterocycles. The number of rotatable bonds is 4. The third-order valence-corrected chi connectivity index (χ3v) is 6.15. The van der Waals surface area contributed by atoms with Gasteiger partial charge in [-0.3, -0.25) is 0 Å². The van der Waals surface area contributed by atoms with E-state index < -0.39 is 29.9 Å². The zero-order valence-electron chi connectivity index (χ0n) is 16.0. The Bertz CT molecular complexity index is 1310. The Labute approximate surface area is 181 Å². The summed E-state index contributed by atoms with van der Waals surface area (Å²) >= 11 is 1.27. The number of pyridine rings is 1. The van der Waals surface area contributed by atoms with Crippen LogP contribution in [0.1, 0.15) is 11.3 Å². The number of anilines is 2. The molecule has 1 aliphatic carbocycles. The number of halogens is 5. The van der Waals surface area contributed by atoms with Crippen LogP contribution in [0.15, 0.2) is 53.3 Å². The predicted molar refractivity (Wildman–Crippen MR) is 111 cm³/mol. The minimum Gasteiger partial charge on any atom is -0.378 e. The van der Waals surface area contributed by atoms with Crippen LogP contribution < -0.4 is 11.1 Å². The van der Waals surface area contributed by atoms with E-state index in [9.17, 15) is 22.0 Å². The first-order valence-corrected chi connectivity index (χ1v) is 10.2. The molecule has 0 bridgehead atoms. The van der Waals surface area contributed by atoms with Gasteiger partial charge in [-0.05, 0) is 29.8 Å². The van der Waals surface area contributed by atoms with Crippen LogP contribution in [0.5, 0.6) is 0 Å².